The first-order valence-corrected chi connectivity index (χ1v) is 21.9. The van der Waals surface area contributed by atoms with Crippen LogP contribution in [0.15, 0.2) is 42.5 Å². The van der Waals surface area contributed by atoms with E-state index in [-0.39, 0.29) is 39.1 Å². The number of rotatable bonds is 7. The van der Waals surface area contributed by atoms with Gasteiger partial charge in [-0.3, -0.25) is 9.69 Å². The van der Waals surface area contributed by atoms with E-state index >= 15 is 0 Å². The third-order valence-corrected chi connectivity index (χ3v) is 17.3. The van der Waals surface area contributed by atoms with Crippen molar-refractivity contribution in [3.05, 3.63) is 53.6 Å². The highest BCUT2D eigenvalue weighted by molar-refractivity contribution is 5.88. The molecule has 4 saturated carbocycles. The van der Waals surface area contributed by atoms with Crippen LogP contribution in [0.25, 0.3) is 5.57 Å². The summed E-state index contributed by atoms with van der Waals surface area (Å²) in [6, 6.07) is 7.53. The summed E-state index contributed by atoms with van der Waals surface area (Å²) in [6.07, 6.45) is 12.2. The van der Waals surface area contributed by atoms with Crippen molar-refractivity contribution in [3.63, 3.8) is 0 Å². The molecule has 1 saturated heterocycles. The third-order valence-electron chi connectivity index (χ3n) is 17.3. The molecule has 56 heavy (non-hydrogen) atoms. The number of nitrogens with zero attached hydrogens (tertiary/aromatic N) is 2. The van der Waals surface area contributed by atoms with Gasteiger partial charge < -0.3 is 20.1 Å². The molecule has 0 radical (unpaired) electrons. The molecular weight excluding hydrogens is 699 g/mol. The Morgan fingerprint density at radius 1 is 0.875 bits per heavy atom. The Labute approximate surface area is 337 Å². The van der Waals surface area contributed by atoms with Gasteiger partial charge in [-0.25, -0.2) is 9.59 Å². The van der Waals surface area contributed by atoms with E-state index in [0.29, 0.717) is 54.8 Å². The summed E-state index contributed by atoms with van der Waals surface area (Å²) < 4.78 is 5.59. The van der Waals surface area contributed by atoms with Gasteiger partial charge in [0.15, 0.2) is 0 Å². The van der Waals surface area contributed by atoms with Gasteiger partial charge in [-0.05, 0) is 160 Å². The van der Waals surface area contributed by atoms with Gasteiger partial charge >= 0.3 is 12.1 Å². The molecule has 0 unspecified atom stereocenters. The predicted octanol–water partition coefficient (Wildman–Crippen LogP) is 9.70. The minimum absolute atomic E-state index is 0.0290. The lowest BCUT2D eigenvalue weighted by atomic mass is 9.32. The molecule has 6 aliphatic rings. The predicted molar refractivity (Wildman–Crippen MR) is 223 cm³/mol. The number of carboxylic acid groups (broad SMARTS) is 1. The van der Waals surface area contributed by atoms with Crippen LogP contribution < -0.4 is 5.32 Å². The molecule has 1 heterocycles. The van der Waals surface area contributed by atoms with E-state index in [1.54, 1.807) is 17.0 Å². The van der Waals surface area contributed by atoms with Gasteiger partial charge in [-0.1, -0.05) is 65.0 Å². The van der Waals surface area contributed by atoms with E-state index in [1.165, 1.54) is 36.8 Å². The zero-order valence-electron chi connectivity index (χ0n) is 36.1. The van der Waals surface area contributed by atoms with Crippen LogP contribution in [0.2, 0.25) is 0 Å². The number of carboxylic acids is 1. The molecule has 7 rings (SSSR count). The van der Waals surface area contributed by atoms with Crippen LogP contribution in [0.4, 0.5) is 4.79 Å². The van der Waals surface area contributed by atoms with Crippen molar-refractivity contribution in [1.29, 1.82) is 0 Å². The third kappa shape index (κ3) is 6.56. The number of nitrogens with one attached hydrogen (secondary N) is 1. The number of carbonyl (C=O) groups excluding carboxylic acids is 2. The van der Waals surface area contributed by atoms with E-state index in [0.717, 1.165) is 57.3 Å². The highest BCUT2D eigenvalue weighted by Crippen LogP contribution is 2.77. The Hall–Kier alpha value is -3.13. The van der Waals surface area contributed by atoms with Crippen molar-refractivity contribution < 1.29 is 24.2 Å². The standard InChI is InChI=1S/C48H71N3O5/c1-31(2)34-17-22-48(41(54)49-25-26-50-27-29-51(30-28-50)42(55)56-43(3,4)5)24-23-46(9)36(39(34)48)15-16-38-45(8)20-18-35(32-11-13-33(14-12-32)40(52)53)44(6,7)37(45)19-21-47(38,46)10/h11-14,18,34,36-39H,1,15-17,19-30H2,2-10H3,(H,49,54)(H,52,53)/t34-,36+,37-,38+,39+,45-,46+,47+,48-/m0/s1. The Morgan fingerprint density at radius 2 is 1.55 bits per heavy atom. The first-order chi connectivity index (χ1) is 26.2. The van der Waals surface area contributed by atoms with Crippen molar-refractivity contribution in [3.8, 4) is 0 Å². The minimum atomic E-state index is -0.881. The second kappa shape index (κ2) is 14.3. The van der Waals surface area contributed by atoms with Crippen molar-refractivity contribution in [1.82, 2.24) is 15.1 Å². The number of fused-ring (bicyclic) bond motifs is 7. The molecule has 8 heteroatoms. The molecule has 2 amide bonds. The Bertz CT molecular complexity index is 1750. The second-order valence-corrected chi connectivity index (χ2v) is 21.3. The molecule has 5 aliphatic carbocycles. The van der Waals surface area contributed by atoms with Crippen molar-refractivity contribution in [2.24, 2.45) is 56.7 Å². The maximum absolute atomic E-state index is 14.7. The summed E-state index contributed by atoms with van der Waals surface area (Å²) >= 11 is 0. The van der Waals surface area contributed by atoms with Gasteiger partial charge in [0.25, 0.3) is 0 Å². The van der Waals surface area contributed by atoms with E-state index in [1.807, 2.05) is 32.9 Å². The summed E-state index contributed by atoms with van der Waals surface area (Å²) in [7, 11) is 0. The molecule has 1 aliphatic heterocycles. The molecule has 308 valence electrons. The van der Waals surface area contributed by atoms with Gasteiger partial charge in [0.1, 0.15) is 5.60 Å². The molecular formula is C48H71N3O5. The summed E-state index contributed by atoms with van der Waals surface area (Å²) in [5.41, 5.74) is 3.74. The fourth-order valence-corrected chi connectivity index (χ4v) is 14.4. The average molecular weight is 770 g/mol. The van der Waals surface area contributed by atoms with Gasteiger partial charge in [-0.2, -0.15) is 0 Å². The van der Waals surface area contributed by atoms with Crippen LogP contribution >= 0.6 is 0 Å². The van der Waals surface area contributed by atoms with Crippen molar-refractivity contribution in [2.75, 3.05) is 39.3 Å². The lowest BCUT2D eigenvalue weighted by molar-refractivity contribution is -0.225. The molecule has 9 atom stereocenters. The van der Waals surface area contributed by atoms with Crippen LogP contribution in [0.1, 0.15) is 136 Å². The topological polar surface area (TPSA) is 99.2 Å². The van der Waals surface area contributed by atoms with Gasteiger partial charge in [-0.15, -0.1) is 0 Å². The average Bonchev–Trinajstić information content (AvgIpc) is 3.53. The van der Waals surface area contributed by atoms with Crippen LogP contribution in [-0.2, 0) is 9.53 Å². The number of allylic oxidation sites excluding steroid dienone is 3. The molecule has 1 aromatic rings. The highest BCUT2D eigenvalue weighted by Gasteiger charge is 2.71. The Morgan fingerprint density at radius 3 is 2.18 bits per heavy atom. The van der Waals surface area contributed by atoms with Gasteiger partial charge in [0, 0.05) is 39.3 Å². The van der Waals surface area contributed by atoms with Crippen LogP contribution in [0.3, 0.4) is 0 Å². The number of hydrogen-bond acceptors (Lipinski definition) is 5. The summed E-state index contributed by atoms with van der Waals surface area (Å²) in [5, 5.41) is 13.0. The second-order valence-electron chi connectivity index (χ2n) is 21.3. The Kier molecular flexibility index (Phi) is 10.5. The largest absolute Gasteiger partial charge is 0.478 e. The molecule has 0 bridgehead atoms. The minimum Gasteiger partial charge on any atom is -0.478 e. The molecule has 8 nitrogen and oxygen atoms in total. The van der Waals surface area contributed by atoms with Crippen molar-refractivity contribution in [2.45, 2.75) is 126 Å². The summed E-state index contributed by atoms with van der Waals surface area (Å²) in [5.74, 6) is 1.72. The zero-order valence-corrected chi connectivity index (χ0v) is 36.1. The zero-order chi connectivity index (χ0) is 40.6. The molecule has 2 N–H and O–H groups in total. The van der Waals surface area contributed by atoms with E-state index in [9.17, 15) is 19.5 Å². The number of carbonyl (C=O) groups is 3. The quantitative estimate of drug-likeness (QED) is 0.268. The van der Waals surface area contributed by atoms with Crippen molar-refractivity contribution >= 4 is 23.5 Å². The maximum atomic E-state index is 14.7. The summed E-state index contributed by atoms with van der Waals surface area (Å²) in [6.45, 7) is 29.5. The van der Waals surface area contributed by atoms with E-state index < -0.39 is 11.6 Å². The maximum Gasteiger partial charge on any atom is 0.410 e. The number of ether oxygens (including phenoxy) is 1. The summed E-state index contributed by atoms with van der Waals surface area (Å²) in [4.78, 5) is 43.0. The first-order valence-electron chi connectivity index (χ1n) is 21.9. The smallest absolute Gasteiger partial charge is 0.410 e. The Balaban J connectivity index is 1.07. The van der Waals surface area contributed by atoms with Gasteiger partial charge in [0.05, 0.1) is 11.0 Å². The normalized spacial score (nSPS) is 37.9. The van der Waals surface area contributed by atoms with Crippen LogP contribution in [-0.4, -0.2) is 77.7 Å². The molecule has 0 aromatic heterocycles. The number of benzene rings is 1. The molecule has 5 fully saturated rings. The number of piperazine rings is 1. The SMILES string of the molecule is C=C(C)[C@@H]1CC[C@]2(C(=O)NCCN3CCN(C(=O)OC(C)(C)C)CC3)CC[C@]3(C)[C@H](CC[C@@H]4[C@@]5(C)CC=C(c6ccc(C(=O)O)cc6)C(C)(C)[C@@H]5CC[C@]43C)[C@@H]12. The van der Waals surface area contributed by atoms with Gasteiger partial charge in [0.2, 0.25) is 5.91 Å². The first kappa shape index (κ1) is 41.0. The fourth-order valence-electron chi connectivity index (χ4n) is 14.4. The number of amides is 2. The molecule has 1 aromatic carbocycles. The monoisotopic (exact) mass is 770 g/mol. The van der Waals surface area contributed by atoms with E-state index in [2.05, 4.69) is 64.4 Å². The molecule has 0 spiro atoms. The lowest BCUT2D eigenvalue weighted by Crippen LogP contribution is -2.66. The fraction of sp³-hybridized carbons (Fsp3) is 0.729. The number of hydrogen-bond donors (Lipinski definition) is 2. The van der Waals surface area contributed by atoms with Crippen LogP contribution in [0, 0.1) is 56.7 Å². The van der Waals surface area contributed by atoms with Crippen LogP contribution in [0.5, 0.6) is 0 Å². The van der Waals surface area contributed by atoms with E-state index in [4.69, 9.17) is 4.74 Å². The highest BCUT2D eigenvalue weighted by atomic mass is 16.6. The lowest BCUT2D eigenvalue weighted by Gasteiger charge is -2.72. The number of aromatic carboxylic acids is 1.